The smallest absolute Gasteiger partial charge is 0.234 e. The summed E-state index contributed by atoms with van der Waals surface area (Å²) in [5.41, 5.74) is 0. The zero-order chi connectivity index (χ0) is 15.2. The second-order valence-electron chi connectivity index (χ2n) is 5.67. The van der Waals surface area contributed by atoms with Crippen LogP contribution in [0.3, 0.4) is 0 Å². The Morgan fingerprint density at radius 3 is 3.05 bits per heavy atom. The SMILES string of the molecule is CCCNC(=O)CN1CCC(N(C)Cc2noc(C)n2)C1. The highest BCUT2D eigenvalue weighted by molar-refractivity contribution is 5.78. The fraction of sp³-hybridized carbons (Fsp3) is 0.786. The summed E-state index contributed by atoms with van der Waals surface area (Å²) in [6, 6.07) is 0.433. The van der Waals surface area contributed by atoms with E-state index in [0.717, 1.165) is 32.5 Å². The van der Waals surface area contributed by atoms with Gasteiger partial charge in [0.2, 0.25) is 11.8 Å². The van der Waals surface area contributed by atoms with Crippen molar-refractivity contribution >= 4 is 5.91 Å². The fourth-order valence-corrected chi connectivity index (χ4v) is 2.60. The fourth-order valence-electron chi connectivity index (χ4n) is 2.60. The number of likely N-dealkylation sites (N-methyl/N-ethyl adjacent to an activating group) is 1. The number of likely N-dealkylation sites (tertiary alicyclic amines) is 1. The summed E-state index contributed by atoms with van der Waals surface area (Å²) in [6.45, 7) is 7.65. The van der Waals surface area contributed by atoms with Crippen molar-refractivity contribution in [1.29, 1.82) is 0 Å². The molecule has 1 saturated heterocycles. The number of nitrogens with one attached hydrogen (secondary N) is 1. The van der Waals surface area contributed by atoms with Crippen molar-refractivity contribution in [3.63, 3.8) is 0 Å². The van der Waals surface area contributed by atoms with Crippen LogP contribution in [0.1, 0.15) is 31.5 Å². The predicted molar refractivity (Wildman–Crippen MR) is 78.6 cm³/mol. The average Bonchev–Trinajstić information content (AvgIpc) is 3.06. The zero-order valence-corrected chi connectivity index (χ0v) is 13.1. The molecule has 2 rings (SSSR count). The monoisotopic (exact) mass is 295 g/mol. The van der Waals surface area contributed by atoms with Crippen molar-refractivity contribution < 1.29 is 9.32 Å². The molecule has 0 radical (unpaired) electrons. The lowest BCUT2D eigenvalue weighted by Crippen LogP contribution is -2.39. The lowest BCUT2D eigenvalue weighted by atomic mass is 10.2. The van der Waals surface area contributed by atoms with Crippen molar-refractivity contribution in [2.24, 2.45) is 0 Å². The summed E-state index contributed by atoms with van der Waals surface area (Å²) < 4.78 is 4.99. The first kappa shape index (κ1) is 15.9. The van der Waals surface area contributed by atoms with Gasteiger partial charge in [-0.2, -0.15) is 4.98 Å². The molecule has 0 aliphatic carbocycles. The highest BCUT2D eigenvalue weighted by Crippen LogP contribution is 2.15. The van der Waals surface area contributed by atoms with Crippen LogP contribution < -0.4 is 5.32 Å². The zero-order valence-electron chi connectivity index (χ0n) is 13.1. The van der Waals surface area contributed by atoms with E-state index in [1.165, 1.54) is 0 Å². The number of hydrogen-bond acceptors (Lipinski definition) is 6. The van der Waals surface area contributed by atoms with Gasteiger partial charge in [0.05, 0.1) is 13.1 Å². The third-order valence-corrected chi connectivity index (χ3v) is 3.77. The molecule has 1 atom stereocenters. The molecule has 7 heteroatoms. The molecule has 1 N–H and O–H groups in total. The van der Waals surface area contributed by atoms with Crippen molar-refractivity contribution in [3.8, 4) is 0 Å². The Morgan fingerprint density at radius 2 is 2.38 bits per heavy atom. The van der Waals surface area contributed by atoms with Crippen LogP contribution in [0.4, 0.5) is 0 Å². The van der Waals surface area contributed by atoms with Crippen LogP contribution in [0, 0.1) is 6.92 Å². The number of amides is 1. The van der Waals surface area contributed by atoms with Crippen LogP contribution in [0.25, 0.3) is 0 Å². The third kappa shape index (κ3) is 4.78. The van der Waals surface area contributed by atoms with E-state index in [4.69, 9.17) is 4.52 Å². The van der Waals surface area contributed by atoms with E-state index >= 15 is 0 Å². The largest absolute Gasteiger partial charge is 0.355 e. The first-order chi connectivity index (χ1) is 10.1. The Labute approximate surface area is 125 Å². The Hall–Kier alpha value is -1.47. The molecule has 0 saturated carbocycles. The number of nitrogens with zero attached hydrogens (tertiary/aromatic N) is 4. The summed E-state index contributed by atoms with van der Waals surface area (Å²) in [5.74, 6) is 1.43. The lowest BCUT2D eigenvalue weighted by Gasteiger charge is -2.23. The molecule has 1 aromatic rings. The summed E-state index contributed by atoms with van der Waals surface area (Å²) in [6.07, 6.45) is 2.04. The summed E-state index contributed by atoms with van der Waals surface area (Å²) in [5, 5.41) is 6.84. The Morgan fingerprint density at radius 1 is 1.57 bits per heavy atom. The Kier molecular flexibility index (Phi) is 5.69. The Balaban J connectivity index is 1.75. The van der Waals surface area contributed by atoms with Gasteiger partial charge < -0.3 is 9.84 Å². The van der Waals surface area contributed by atoms with Gasteiger partial charge in [0.1, 0.15) is 0 Å². The number of aromatic nitrogens is 2. The first-order valence-electron chi connectivity index (χ1n) is 7.57. The van der Waals surface area contributed by atoms with Gasteiger partial charge in [-0.1, -0.05) is 12.1 Å². The van der Waals surface area contributed by atoms with Crippen LogP contribution in [0.5, 0.6) is 0 Å². The Bertz CT molecular complexity index is 462. The molecule has 1 fully saturated rings. The number of hydrogen-bond donors (Lipinski definition) is 1. The maximum absolute atomic E-state index is 11.7. The molecule has 118 valence electrons. The molecule has 1 unspecified atom stereocenters. The van der Waals surface area contributed by atoms with Gasteiger partial charge >= 0.3 is 0 Å². The molecular weight excluding hydrogens is 270 g/mol. The van der Waals surface area contributed by atoms with E-state index in [-0.39, 0.29) is 5.91 Å². The molecule has 1 amide bonds. The van der Waals surface area contributed by atoms with Gasteiger partial charge in [0.25, 0.3) is 0 Å². The molecule has 0 aromatic carbocycles. The molecule has 1 aromatic heterocycles. The van der Waals surface area contributed by atoms with E-state index in [1.54, 1.807) is 6.92 Å². The highest BCUT2D eigenvalue weighted by Gasteiger charge is 2.27. The number of carbonyl (C=O) groups excluding carboxylic acids is 1. The van der Waals surface area contributed by atoms with Crippen LogP contribution in [-0.2, 0) is 11.3 Å². The summed E-state index contributed by atoms with van der Waals surface area (Å²) >= 11 is 0. The second kappa shape index (κ2) is 7.51. The minimum atomic E-state index is 0.119. The van der Waals surface area contributed by atoms with E-state index in [2.05, 4.69) is 39.2 Å². The number of rotatable bonds is 7. The first-order valence-corrected chi connectivity index (χ1v) is 7.57. The molecular formula is C14H25N5O2. The third-order valence-electron chi connectivity index (χ3n) is 3.77. The van der Waals surface area contributed by atoms with Gasteiger partial charge in [0.15, 0.2) is 5.82 Å². The molecule has 21 heavy (non-hydrogen) atoms. The van der Waals surface area contributed by atoms with Gasteiger partial charge in [-0.15, -0.1) is 0 Å². The number of carbonyl (C=O) groups is 1. The van der Waals surface area contributed by atoms with Crippen molar-refractivity contribution in [1.82, 2.24) is 25.3 Å². The predicted octanol–water partition coefficient (Wildman–Crippen LogP) is 0.410. The van der Waals surface area contributed by atoms with Crippen molar-refractivity contribution in [3.05, 3.63) is 11.7 Å². The minimum absolute atomic E-state index is 0.119. The highest BCUT2D eigenvalue weighted by atomic mass is 16.5. The van der Waals surface area contributed by atoms with Crippen molar-refractivity contribution in [2.75, 3.05) is 33.2 Å². The van der Waals surface area contributed by atoms with Crippen molar-refractivity contribution in [2.45, 2.75) is 39.3 Å². The lowest BCUT2D eigenvalue weighted by molar-refractivity contribution is -0.122. The van der Waals surface area contributed by atoms with Gasteiger partial charge in [-0.05, 0) is 19.9 Å². The van der Waals surface area contributed by atoms with Crippen LogP contribution in [0.2, 0.25) is 0 Å². The molecule has 0 spiro atoms. The average molecular weight is 295 g/mol. The van der Waals surface area contributed by atoms with E-state index in [0.29, 0.717) is 30.8 Å². The molecule has 1 aliphatic heterocycles. The van der Waals surface area contributed by atoms with Crippen LogP contribution >= 0.6 is 0 Å². The van der Waals surface area contributed by atoms with Gasteiger partial charge in [-0.3, -0.25) is 14.6 Å². The maximum Gasteiger partial charge on any atom is 0.234 e. The van der Waals surface area contributed by atoms with E-state index < -0.39 is 0 Å². The summed E-state index contributed by atoms with van der Waals surface area (Å²) in [7, 11) is 2.07. The molecule has 1 aliphatic rings. The van der Waals surface area contributed by atoms with Gasteiger partial charge in [-0.25, -0.2) is 0 Å². The topological polar surface area (TPSA) is 74.5 Å². The quantitative estimate of drug-likeness (QED) is 0.785. The van der Waals surface area contributed by atoms with Crippen LogP contribution in [-0.4, -0.2) is 65.1 Å². The molecule has 0 bridgehead atoms. The minimum Gasteiger partial charge on any atom is -0.355 e. The molecule has 7 nitrogen and oxygen atoms in total. The van der Waals surface area contributed by atoms with Gasteiger partial charge in [0, 0.05) is 32.6 Å². The molecule has 2 heterocycles. The summed E-state index contributed by atoms with van der Waals surface area (Å²) in [4.78, 5) is 20.4. The standard InChI is InChI=1S/C14H25N5O2/c1-4-6-15-14(20)10-19-7-5-12(8-19)18(3)9-13-16-11(2)21-17-13/h12H,4-10H2,1-3H3,(H,15,20). The maximum atomic E-state index is 11.7. The van der Waals surface area contributed by atoms with Crippen LogP contribution in [0.15, 0.2) is 4.52 Å². The van der Waals surface area contributed by atoms with E-state index in [9.17, 15) is 4.79 Å². The van der Waals surface area contributed by atoms with E-state index in [1.807, 2.05) is 0 Å². The number of aryl methyl sites for hydroxylation is 1. The normalized spacial score (nSPS) is 19.3. The second-order valence-corrected chi connectivity index (χ2v) is 5.67.